The van der Waals surface area contributed by atoms with Crippen molar-refractivity contribution >= 4 is 0 Å². The summed E-state index contributed by atoms with van der Waals surface area (Å²) in [5, 5.41) is 38.5. The molecular formula is C11H16N2O7. The SMILES string of the molecule is O=c1ccn([C@@H]2O[C@H](CO)[C@@H](O)[C@H](O)C[C@H]2O)c(=O)[nH]1. The van der Waals surface area contributed by atoms with E-state index in [9.17, 15) is 24.9 Å². The molecule has 2 rings (SSSR count). The van der Waals surface area contributed by atoms with Gasteiger partial charge in [0.1, 0.15) is 18.3 Å². The number of hydrogen-bond acceptors (Lipinski definition) is 7. The van der Waals surface area contributed by atoms with E-state index in [4.69, 9.17) is 9.84 Å². The Morgan fingerprint density at radius 3 is 2.60 bits per heavy atom. The number of aromatic amines is 1. The molecule has 9 nitrogen and oxygen atoms in total. The number of nitrogens with one attached hydrogen (secondary N) is 1. The van der Waals surface area contributed by atoms with Crippen molar-refractivity contribution in [2.24, 2.45) is 0 Å². The van der Waals surface area contributed by atoms with Crippen LogP contribution >= 0.6 is 0 Å². The second kappa shape index (κ2) is 5.85. The van der Waals surface area contributed by atoms with Crippen LogP contribution in [0, 0.1) is 0 Å². The van der Waals surface area contributed by atoms with Gasteiger partial charge in [0.15, 0.2) is 6.23 Å². The van der Waals surface area contributed by atoms with Crippen LogP contribution in [0.25, 0.3) is 0 Å². The third-order valence-corrected chi connectivity index (χ3v) is 3.21. The van der Waals surface area contributed by atoms with Crippen LogP contribution in [0.2, 0.25) is 0 Å². The van der Waals surface area contributed by atoms with Gasteiger partial charge in [-0.1, -0.05) is 0 Å². The lowest BCUT2D eigenvalue weighted by Gasteiger charge is -2.26. The summed E-state index contributed by atoms with van der Waals surface area (Å²) < 4.78 is 6.22. The van der Waals surface area contributed by atoms with E-state index >= 15 is 0 Å². The van der Waals surface area contributed by atoms with Crippen molar-refractivity contribution in [3.05, 3.63) is 33.1 Å². The van der Waals surface area contributed by atoms with Crippen LogP contribution in [-0.4, -0.2) is 61.0 Å². The molecule has 0 amide bonds. The normalized spacial score (nSPS) is 34.7. The maximum atomic E-state index is 11.7. The van der Waals surface area contributed by atoms with Gasteiger partial charge in [0, 0.05) is 18.7 Å². The molecule has 1 aliphatic rings. The van der Waals surface area contributed by atoms with Gasteiger partial charge in [0.05, 0.1) is 12.7 Å². The van der Waals surface area contributed by atoms with Crippen molar-refractivity contribution in [3.8, 4) is 0 Å². The van der Waals surface area contributed by atoms with Gasteiger partial charge in [-0.25, -0.2) is 4.79 Å². The second-order valence-electron chi connectivity index (χ2n) is 4.63. The van der Waals surface area contributed by atoms with Gasteiger partial charge >= 0.3 is 5.69 Å². The number of ether oxygens (including phenoxy) is 1. The van der Waals surface area contributed by atoms with E-state index in [1.807, 2.05) is 4.98 Å². The molecule has 0 bridgehead atoms. The van der Waals surface area contributed by atoms with Gasteiger partial charge in [-0.05, 0) is 0 Å². The molecule has 0 aliphatic carbocycles. The smallest absolute Gasteiger partial charge is 0.330 e. The van der Waals surface area contributed by atoms with Crippen molar-refractivity contribution in [3.63, 3.8) is 0 Å². The first kappa shape index (κ1) is 14.9. The molecule has 0 unspecified atom stereocenters. The Morgan fingerprint density at radius 2 is 2.00 bits per heavy atom. The fraction of sp³-hybridized carbons (Fsp3) is 0.636. The number of H-pyrrole nitrogens is 1. The minimum Gasteiger partial charge on any atom is -0.394 e. The summed E-state index contributed by atoms with van der Waals surface area (Å²) in [6.07, 6.45) is -5.49. The predicted molar refractivity (Wildman–Crippen MR) is 65.0 cm³/mol. The molecule has 1 aliphatic heterocycles. The molecule has 5 N–H and O–H groups in total. The average Bonchev–Trinajstić information content (AvgIpc) is 2.49. The highest BCUT2D eigenvalue weighted by Gasteiger charge is 2.39. The first-order chi connectivity index (χ1) is 9.43. The predicted octanol–water partition coefficient (Wildman–Crippen LogP) is -3.10. The third kappa shape index (κ3) is 2.81. The Morgan fingerprint density at radius 1 is 1.30 bits per heavy atom. The van der Waals surface area contributed by atoms with Crippen LogP contribution in [0.5, 0.6) is 0 Å². The zero-order valence-corrected chi connectivity index (χ0v) is 10.4. The Hall–Kier alpha value is -1.52. The number of aliphatic hydroxyl groups is 4. The molecule has 112 valence electrons. The molecule has 9 heteroatoms. The number of aliphatic hydroxyl groups excluding tert-OH is 4. The summed E-state index contributed by atoms with van der Waals surface area (Å²) in [4.78, 5) is 24.7. The first-order valence-electron chi connectivity index (χ1n) is 6.06. The van der Waals surface area contributed by atoms with Crippen molar-refractivity contribution in [2.45, 2.75) is 37.1 Å². The average molecular weight is 288 g/mol. The number of nitrogens with zero attached hydrogens (tertiary/aromatic N) is 1. The Balaban J connectivity index is 2.38. The summed E-state index contributed by atoms with van der Waals surface area (Å²) >= 11 is 0. The molecule has 1 aromatic rings. The lowest BCUT2D eigenvalue weighted by atomic mass is 10.0. The topological polar surface area (TPSA) is 145 Å². The van der Waals surface area contributed by atoms with E-state index in [1.54, 1.807) is 0 Å². The van der Waals surface area contributed by atoms with Crippen LogP contribution in [0.4, 0.5) is 0 Å². The van der Waals surface area contributed by atoms with E-state index in [1.165, 1.54) is 0 Å². The van der Waals surface area contributed by atoms with Gasteiger partial charge in [-0.2, -0.15) is 0 Å². The molecular weight excluding hydrogens is 272 g/mol. The fourth-order valence-electron chi connectivity index (χ4n) is 2.13. The molecule has 2 heterocycles. The first-order valence-corrected chi connectivity index (χ1v) is 6.06. The summed E-state index contributed by atoms with van der Waals surface area (Å²) in [6.45, 7) is -0.598. The highest BCUT2D eigenvalue weighted by molar-refractivity contribution is 4.90. The summed E-state index contributed by atoms with van der Waals surface area (Å²) in [5.41, 5.74) is -1.41. The van der Waals surface area contributed by atoms with E-state index in [0.29, 0.717) is 0 Å². The molecule has 1 fully saturated rings. The van der Waals surface area contributed by atoms with Crippen molar-refractivity contribution < 1.29 is 25.2 Å². The lowest BCUT2D eigenvalue weighted by molar-refractivity contribution is -0.148. The van der Waals surface area contributed by atoms with Crippen LogP contribution in [0.15, 0.2) is 21.9 Å². The van der Waals surface area contributed by atoms with Gasteiger partial charge in [0.25, 0.3) is 5.56 Å². The minimum absolute atomic E-state index is 0.242. The molecule has 0 saturated carbocycles. The van der Waals surface area contributed by atoms with Crippen LogP contribution < -0.4 is 11.2 Å². The van der Waals surface area contributed by atoms with E-state index in [0.717, 1.165) is 16.8 Å². The van der Waals surface area contributed by atoms with Gasteiger partial charge in [-0.15, -0.1) is 0 Å². The van der Waals surface area contributed by atoms with Gasteiger partial charge < -0.3 is 25.2 Å². The van der Waals surface area contributed by atoms with E-state index < -0.39 is 48.5 Å². The fourth-order valence-corrected chi connectivity index (χ4v) is 2.13. The van der Waals surface area contributed by atoms with E-state index in [2.05, 4.69) is 0 Å². The molecule has 0 aromatic carbocycles. The molecule has 0 radical (unpaired) electrons. The third-order valence-electron chi connectivity index (χ3n) is 3.21. The summed E-state index contributed by atoms with van der Waals surface area (Å²) in [7, 11) is 0. The van der Waals surface area contributed by atoms with Crippen molar-refractivity contribution in [1.82, 2.24) is 9.55 Å². The lowest BCUT2D eigenvalue weighted by Crippen LogP contribution is -2.41. The maximum Gasteiger partial charge on any atom is 0.330 e. The summed E-state index contributed by atoms with van der Waals surface area (Å²) in [5.74, 6) is 0. The Bertz CT molecular complexity index is 568. The molecule has 20 heavy (non-hydrogen) atoms. The van der Waals surface area contributed by atoms with Crippen LogP contribution in [0.1, 0.15) is 12.6 Å². The minimum atomic E-state index is -1.39. The van der Waals surface area contributed by atoms with Crippen molar-refractivity contribution in [1.29, 1.82) is 0 Å². The zero-order chi connectivity index (χ0) is 14.9. The highest BCUT2D eigenvalue weighted by atomic mass is 16.5. The largest absolute Gasteiger partial charge is 0.394 e. The molecule has 0 spiro atoms. The Labute approximate surface area is 112 Å². The van der Waals surface area contributed by atoms with Gasteiger partial charge in [0.2, 0.25) is 0 Å². The zero-order valence-electron chi connectivity index (χ0n) is 10.4. The maximum absolute atomic E-state index is 11.7. The number of rotatable bonds is 2. The van der Waals surface area contributed by atoms with Crippen LogP contribution in [-0.2, 0) is 4.74 Å². The quantitative estimate of drug-likeness (QED) is 0.387. The monoisotopic (exact) mass is 288 g/mol. The molecule has 5 atom stereocenters. The van der Waals surface area contributed by atoms with Gasteiger partial charge in [-0.3, -0.25) is 14.3 Å². The van der Waals surface area contributed by atoms with E-state index in [-0.39, 0.29) is 6.42 Å². The van der Waals surface area contributed by atoms with Crippen molar-refractivity contribution in [2.75, 3.05) is 6.61 Å². The Kier molecular flexibility index (Phi) is 4.35. The highest BCUT2D eigenvalue weighted by Crippen LogP contribution is 2.25. The number of aromatic nitrogens is 2. The summed E-state index contributed by atoms with van der Waals surface area (Å²) in [6, 6.07) is 1.07. The van der Waals surface area contributed by atoms with Crippen LogP contribution in [0.3, 0.4) is 0 Å². The molecule has 1 aromatic heterocycles. The molecule has 1 saturated heterocycles. The second-order valence-corrected chi connectivity index (χ2v) is 4.63. The standard InChI is InChI=1S/C11H16N2O7/c14-4-7-9(18)5(15)3-6(16)10(20-7)13-2-1-8(17)12-11(13)19/h1-2,5-7,9-10,14-16,18H,3-4H2,(H,12,17,19)/t5-,6-,7-,9+,10-/m1/s1. The number of hydrogen-bond donors (Lipinski definition) is 5.